The third kappa shape index (κ3) is 3.02. The van der Waals surface area contributed by atoms with Gasteiger partial charge in [0.15, 0.2) is 10.6 Å². The highest BCUT2D eigenvalue weighted by Gasteiger charge is 2.44. The van der Waals surface area contributed by atoms with Crippen molar-refractivity contribution >= 4 is 43.6 Å². The maximum atomic E-state index is 13.7. The number of rotatable bonds is 3. The van der Waals surface area contributed by atoms with Gasteiger partial charge in [-0.15, -0.1) is 0 Å². The standard InChI is InChI=1S/C27H20N2O3S/c1-15(2)17-12-13-19-21(14-17)33-27(28-19)29-23(16-8-4-3-5-9-16)22-24(30)18-10-6-7-11-20(18)32-25(22)26(29)31/h3-15,23H,1-2H3. The van der Waals surface area contributed by atoms with Crippen molar-refractivity contribution in [3.63, 3.8) is 0 Å². The van der Waals surface area contributed by atoms with Crippen LogP contribution in [0.25, 0.3) is 21.2 Å². The van der Waals surface area contributed by atoms with Gasteiger partial charge in [0.05, 0.1) is 27.2 Å². The minimum Gasteiger partial charge on any atom is -0.450 e. The van der Waals surface area contributed by atoms with E-state index < -0.39 is 6.04 Å². The number of benzene rings is 3. The third-order valence-electron chi connectivity index (χ3n) is 6.17. The Balaban J connectivity index is 1.60. The molecule has 0 spiro atoms. The Labute approximate surface area is 193 Å². The fraction of sp³-hybridized carbons (Fsp3) is 0.148. The maximum Gasteiger partial charge on any atom is 0.297 e. The Morgan fingerprint density at radius 2 is 1.73 bits per heavy atom. The minimum absolute atomic E-state index is 0.0923. The fourth-order valence-corrected chi connectivity index (χ4v) is 5.50. The number of nitrogens with zero attached hydrogens (tertiary/aromatic N) is 2. The monoisotopic (exact) mass is 452 g/mol. The molecular weight excluding hydrogens is 432 g/mol. The summed E-state index contributed by atoms with van der Waals surface area (Å²) in [4.78, 5) is 33.6. The van der Waals surface area contributed by atoms with Gasteiger partial charge in [-0.1, -0.05) is 73.7 Å². The highest BCUT2D eigenvalue weighted by Crippen LogP contribution is 2.43. The summed E-state index contributed by atoms with van der Waals surface area (Å²) in [5.41, 5.74) is 3.49. The first kappa shape index (κ1) is 19.9. The zero-order valence-corrected chi connectivity index (χ0v) is 18.9. The lowest BCUT2D eigenvalue weighted by Gasteiger charge is -2.22. The molecule has 33 heavy (non-hydrogen) atoms. The second-order valence-electron chi connectivity index (χ2n) is 8.54. The van der Waals surface area contributed by atoms with Crippen LogP contribution in [0, 0.1) is 0 Å². The molecule has 2 aromatic heterocycles. The first-order valence-electron chi connectivity index (χ1n) is 10.9. The molecule has 0 saturated heterocycles. The van der Waals surface area contributed by atoms with E-state index in [-0.39, 0.29) is 17.1 Å². The lowest BCUT2D eigenvalue weighted by molar-refractivity contribution is 0.0971. The van der Waals surface area contributed by atoms with Crippen molar-refractivity contribution in [2.45, 2.75) is 25.8 Å². The number of thiazole rings is 1. The number of hydrogen-bond acceptors (Lipinski definition) is 5. The van der Waals surface area contributed by atoms with E-state index in [4.69, 9.17) is 9.40 Å². The smallest absolute Gasteiger partial charge is 0.297 e. The molecule has 1 unspecified atom stereocenters. The molecule has 6 heteroatoms. The van der Waals surface area contributed by atoms with Crippen LogP contribution in [-0.2, 0) is 0 Å². The van der Waals surface area contributed by atoms with Crippen LogP contribution in [-0.4, -0.2) is 10.9 Å². The second kappa shape index (κ2) is 7.39. The van der Waals surface area contributed by atoms with Crippen molar-refractivity contribution in [1.82, 2.24) is 4.98 Å². The lowest BCUT2D eigenvalue weighted by atomic mass is 9.99. The van der Waals surface area contributed by atoms with E-state index in [0.717, 1.165) is 15.8 Å². The molecule has 3 aromatic carbocycles. The molecule has 6 rings (SSSR count). The van der Waals surface area contributed by atoms with Crippen LogP contribution < -0.4 is 10.3 Å². The number of carbonyl (C=O) groups is 1. The Bertz CT molecular complexity index is 1600. The van der Waals surface area contributed by atoms with Gasteiger partial charge in [0, 0.05) is 0 Å². The van der Waals surface area contributed by atoms with E-state index in [1.807, 2.05) is 36.4 Å². The van der Waals surface area contributed by atoms with Crippen LogP contribution >= 0.6 is 11.3 Å². The maximum absolute atomic E-state index is 13.7. The van der Waals surface area contributed by atoms with Gasteiger partial charge in [0.1, 0.15) is 5.58 Å². The van der Waals surface area contributed by atoms with Crippen molar-refractivity contribution in [2.24, 2.45) is 0 Å². The Morgan fingerprint density at radius 1 is 0.970 bits per heavy atom. The van der Waals surface area contributed by atoms with Gasteiger partial charge in [-0.2, -0.15) is 0 Å². The third-order valence-corrected chi connectivity index (χ3v) is 7.18. The zero-order chi connectivity index (χ0) is 22.7. The van der Waals surface area contributed by atoms with Crippen LogP contribution in [0.1, 0.15) is 53.1 Å². The van der Waals surface area contributed by atoms with Crippen LogP contribution in [0.15, 0.2) is 82.0 Å². The molecule has 0 bridgehead atoms. The molecule has 1 atom stereocenters. The van der Waals surface area contributed by atoms with E-state index in [2.05, 4.69) is 26.0 Å². The molecule has 5 nitrogen and oxygen atoms in total. The van der Waals surface area contributed by atoms with Crippen LogP contribution in [0.3, 0.4) is 0 Å². The Hall–Kier alpha value is -3.77. The number of anilines is 1. The molecule has 3 heterocycles. The quantitative estimate of drug-likeness (QED) is 0.323. The van der Waals surface area contributed by atoms with Gasteiger partial charge >= 0.3 is 0 Å². The van der Waals surface area contributed by atoms with Crippen LogP contribution in [0.2, 0.25) is 0 Å². The Morgan fingerprint density at radius 3 is 2.52 bits per heavy atom. The van der Waals surface area contributed by atoms with Crippen molar-refractivity contribution in [3.05, 3.63) is 105 Å². The van der Waals surface area contributed by atoms with Gasteiger partial charge in [-0.25, -0.2) is 4.98 Å². The minimum atomic E-state index is -0.598. The molecule has 0 saturated carbocycles. The Kier molecular flexibility index (Phi) is 4.45. The molecule has 0 aliphatic carbocycles. The molecule has 1 amide bonds. The van der Waals surface area contributed by atoms with Crippen molar-refractivity contribution in [2.75, 3.05) is 4.90 Å². The molecule has 0 radical (unpaired) electrons. The van der Waals surface area contributed by atoms with Gasteiger partial charge < -0.3 is 4.42 Å². The summed E-state index contributed by atoms with van der Waals surface area (Å²) < 4.78 is 7.02. The predicted molar refractivity (Wildman–Crippen MR) is 131 cm³/mol. The largest absolute Gasteiger partial charge is 0.450 e. The summed E-state index contributed by atoms with van der Waals surface area (Å²) >= 11 is 1.46. The highest BCUT2D eigenvalue weighted by molar-refractivity contribution is 7.22. The normalized spacial score (nSPS) is 15.7. The predicted octanol–water partition coefficient (Wildman–Crippen LogP) is 6.28. The zero-order valence-electron chi connectivity index (χ0n) is 18.1. The van der Waals surface area contributed by atoms with Crippen LogP contribution in [0.5, 0.6) is 0 Å². The number of aromatic nitrogens is 1. The number of para-hydroxylation sites is 1. The van der Waals surface area contributed by atoms with Crippen molar-refractivity contribution < 1.29 is 9.21 Å². The number of amides is 1. The first-order chi connectivity index (χ1) is 16.0. The highest BCUT2D eigenvalue weighted by atomic mass is 32.1. The SMILES string of the molecule is CC(C)c1ccc2nc(N3C(=O)c4oc5ccccc5c(=O)c4C3c3ccccc3)sc2c1. The van der Waals surface area contributed by atoms with Crippen molar-refractivity contribution in [1.29, 1.82) is 0 Å². The fourth-order valence-electron chi connectivity index (χ4n) is 4.46. The molecular formula is C27H20N2O3S. The van der Waals surface area contributed by atoms with Gasteiger partial charge in [-0.3, -0.25) is 14.5 Å². The lowest BCUT2D eigenvalue weighted by Crippen LogP contribution is -2.29. The molecule has 162 valence electrons. The molecule has 0 N–H and O–H groups in total. The number of carbonyl (C=O) groups excluding carboxylic acids is 1. The summed E-state index contributed by atoms with van der Waals surface area (Å²) in [5, 5.41) is 1.03. The summed E-state index contributed by atoms with van der Waals surface area (Å²) in [6, 6.07) is 22.2. The molecule has 1 aliphatic heterocycles. The molecule has 0 fully saturated rings. The average molecular weight is 453 g/mol. The van der Waals surface area contributed by atoms with Gasteiger partial charge in [-0.05, 0) is 41.3 Å². The van der Waals surface area contributed by atoms with E-state index in [9.17, 15) is 9.59 Å². The van der Waals surface area contributed by atoms with E-state index in [1.165, 1.54) is 16.9 Å². The molecule has 5 aromatic rings. The van der Waals surface area contributed by atoms with Crippen LogP contribution in [0.4, 0.5) is 5.13 Å². The summed E-state index contributed by atoms with van der Waals surface area (Å²) in [7, 11) is 0. The van der Waals surface area contributed by atoms with E-state index in [0.29, 0.717) is 27.6 Å². The summed E-state index contributed by atoms with van der Waals surface area (Å²) in [6.07, 6.45) is 0. The average Bonchev–Trinajstić information content (AvgIpc) is 3.38. The first-order valence-corrected chi connectivity index (χ1v) is 11.7. The second-order valence-corrected chi connectivity index (χ2v) is 9.55. The van der Waals surface area contributed by atoms with Gasteiger partial charge in [0.25, 0.3) is 5.91 Å². The topological polar surface area (TPSA) is 63.4 Å². The number of fused-ring (bicyclic) bond motifs is 3. The van der Waals surface area contributed by atoms with Crippen molar-refractivity contribution in [3.8, 4) is 0 Å². The number of hydrogen-bond donors (Lipinski definition) is 0. The van der Waals surface area contributed by atoms with E-state index >= 15 is 0 Å². The molecule has 1 aliphatic rings. The summed E-state index contributed by atoms with van der Waals surface area (Å²) in [5.74, 6) is 0.142. The van der Waals surface area contributed by atoms with E-state index in [1.54, 1.807) is 29.2 Å². The van der Waals surface area contributed by atoms with Gasteiger partial charge in [0.2, 0.25) is 5.76 Å². The summed E-state index contributed by atoms with van der Waals surface area (Å²) in [6.45, 7) is 4.30.